The van der Waals surface area contributed by atoms with E-state index in [1.165, 1.54) is 42.8 Å². The monoisotopic (exact) mass is 615 g/mol. The molecule has 0 spiro atoms. The number of unbranched alkanes of at least 4 members (excludes halogenated alkanes) is 4. The van der Waals surface area contributed by atoms with Gasteiger partial charge in [-0.15, -0.1) is 11.8 Å². The lowest BCUT2D eigenvalue weighted by atomic mass is 9.99. The normalized spacial score (nSPS) is 23.5. The zero-order chi connectivity index (χ0) is 30.5. The van der Waals surface area contributed by atoms with Gasteiger partial charge in [0.1, 0.15) is 16.6 Å². The number of aliphatic imine (C=N–C) groups is 1. The third-order valence-corrected chi connectivity index (χ3v) is 9.44. The molecule has 2 aliphatic rings. The summed E-state index contributed by atoms with van der Waals surface area (Å²) in [6.07, 6.45) is 10.6. The van der Waals surface area contributed by atoms with E-state index in [1.54, 1.807) is 13.0 Å². The van der Waals surface area contributed by atoms with E-state index in [0.717, 1.165) is 12.8 Å². The van der Waals surface area contributed by atoms with E-state index >= 15 is 0 Å². The Morgan fingerprint density at radius 3 is 2.71 bits per heavy atom. The third-order valence-electron chi connectivity index (χ3n) is 7.19. The van der Waals surface area contributed by atoms with Gasteiger partial charge in [-0.3, -0.25) is 24.2 Å². The summed E-state index contributed by atoms with van der Waals surface area (Å²) in [4.78, 5) is 61.2. The number of thioether (sulfide) groups is 2. The van der Waals surface area contributed by atoms with Crippen molar-refractivity contribution in [2.24, 2.45) is 10.9 Å². The summed E-state index contributed by atoms with van der Waals surface area (Å²) in [5, 5.41) is 9.64. The van der Waals surface area contributed by atoms with Crippen LogP contribution in [-0.2, 0) is 25.7 Å². The topological polar surface area (TPSA) is 130 Å². The van der Waals surface area contributed by atoms with Gasteiger partial charge in [0, 0.05) is 17.9 Å². The van der Waals surface area contributed by atoms with Crippen molar-refractivity contribution in [1.29, 1.82) is 0 Å². The van der Waals surface area contributed by atoms with Crippen LogP contribution in [0.5, 0.6) is 0 Å². The summed E-state index contributed by atoms with van der Waals surface area (Å²) < 4.78 is 0. The second-order valence-electron chi connectivity index (χ2n) is 11.4. The van der Waals surface area contributed by atoms with E-state index in [4.69, 9.17) is 4.99 Å². The van der Waals surface area contributed by atoms with E-state index in [9.17, 15) is 19.2 Å². The van der Waals surface area contributed by atoms with Crippen LogP contribution in [0.2, 0.25) is 0 Å². The predicted molar refractivity (Wildman–Crippen MR) is 171 cm³/mol. The Bertz CT molecular complexity index is 1170. The number of carbonyl (C=O) groups is 4. The molecule has 42 heavy (non-hydrogen) atoms. The van der Waals surface area contributed by atoms with Crippen molar-refractivity contribution in [3.05, 3.63) is 41.7 Å². The minimum atomic E-state index is -1.03. The van der Waals surface area contributed by atoms with Gasteiger partial charge in [0.05, 0.1) is 30.4 Å². The number of allylic oxidation sites excluding steroid dienone is 1. The zero-order valence-electron chi connectivity index (χ0n) is 25.2. The highest BCUT2D eigenvalue weighted by Gasteiger charge is 2.41. The Balaban J connectivity index is 1.69. The summed E-state index contributed by atoms with van der Waals surface area (Å²) in [6.45, 7) is 7.92. The first-order valence-corrected chi connectivity index (χ1v) is 17.0. The van der Waals surface area contributed by atoms with Crippen LogP contribution in [0.4, 0.5) is 0 Å². The van der Waals surface area contributed by atoms with E-state index in [0.29, 0.717) is 40.8 Å². The summed E-state index contributed by atoms with van der Waals surface area (Å²) in [7, 11) is 0. The highest BCUT2D eigenvalue weighted by molar-refractivity contribution is 8.14. The van der Waals surface area contributed by atoms with Crippen LogP contribution in [0.1, 0.15) is 90.4 Å². The van der Waals surface area contributed by atoms with Crippen LogP contribution in [0.25, 0.3) is 0 Å². The van der Waals surface area contributed by atoms with Gasteiger partial charge in [0.15, 0.2) is 5.12 Å². The molecule has 0 fully saturated rings. The second-order valence-corrected chi connectivity index (χ2v) is 13.5. The molecule has 1 aromatic heterocycles. The molecule has 230 valence electrons. The standard InChI is InChI=1S/C31H45N5O4S2/c1-5-6-7-8-9-16-26(38)41-17-11-10-13-22-18-25(37)32-19-23-14-12-15-24(33-23)29-36-31(4,20-42-29)30(40)35-27(21(2)3)28(39)34-22/h10,12-15,21-22,27H,5-9,11,16-20H2,1-4H3,(H,32,37)(H,34,39)(H,35,40)/b13-10+/t22-,27?,31+/m1/s1. The summed E-state index contributed by atoms with van der Waals surface area (Å²) in [5.74, 6) is -0.0150. The number of hydrogen-bond donors (Lipinski definition) is 3. The molecule has 0 saturated heterocycles. The van der Waals surface area contributed by atoms with Crippen LogP contribution in [0.3, 0.4) is 0 Å². The average molecular weight is 616 g/mol. The van der Waals surface area contributed by atoms with Gasteiger partial charge < -0.3 is 16.0 Å². The first kappa shape index (κ1) is 33.8. The fraction of sp³-hybridized carbons (Fsp3) is 0.613. The lowest BCUT2D eigenvalue weighted by molar-refractivity contribution is -0.132. The number of nitrogens with zero attached hydrogens (tertiary/aromatic N) is 2. The van der Waals surface area contributed by atoms with Crippen LogP contribution in [0, 0.1) is 5.92 Å². The highest BCUT2D eigenvalue weighted by atomic mass is 32.2. The Hall–Kier alpha value is -2.66. The first-order chi connectivity index (χ1) is 20.1. The lowest BCUT2D eigenvalue weighted by Crippen LogP contribution is -2.56. The number of pyridine rings is 1. The number of nitrogens with one attached hydrogen (secondary N) is 3. The van der Waals surface area contributed by atoms with Crippen molar-refractivity contribution in [3.8, 4) is 0 Å². The number of amides is 3. The second kappa shape index (κ2) is 16.8. The Morgan fingerprint density at radius 2 is 1.95 bits per heavy atom. The van der Waals surface area contributed by atoms with Crippen molar-refractivity contribution in [2.75, 3.05) is 11.5 Å². The maximum absolute atomic E-state index is 13.4. The van der Waals surface area contributed by atoms with Crippen LogP contribution < -0.4 is 16.0 Å². The predicted octanol–water partition coefficient (Wildman–Crippen LogP) is 4.55. The molecule has 1 aromatic rings. The number of carbonyl (C=O) groups excluding carboxylic acids is 4. The van der Waals surface area contributed by atoms with Gasteiger partial charge in [-0.05, 0) is 37.8 Å². The Kier molecular flexibility index (Phi) is 13.6. The van der Waals surface area contributed by atoms with Gasteiger partial charge in [-0.2, -0.15) is 0 Å². The average Bonchev–Trinajstić information content (AvgIpc) is 3.37. The molecular formula is C31H45N5O4S2. The molecule has 3 heterocycles. The van der Waals surface area contributed by atoms with E-state index in [2.05, 4.69) is 27.9 Å². The molecule has 3 atom stereocenters. The fourth-order valence-electron chi connectivity index (χ4n) is 4.62. The lowest BCUT2D eigenvalue weighted by Gasteiger charge is -2.27. The molecular weight excluding hydrogens is 571 g/mol. The Labute approximate surface area is 258 Å². The quantitative estimate of drug-likeness (QED) is 0.246. The van der Waals surface area contributed by atoms with E-state index in [-0.39, 0.29) is 41.7 Å². The molecule has 3 N–H and O–H groups in total. The molecule has 3 rings (SSSR count). The largest absolute Gasteiger partial charge is 0.350 e. The van der Waals surface area contributed by atoms with Crippen LogP contribution >= 0.6 is 23.5 Å². The summed E-state index contributed by atoms with van der Waals surface area (Å²) in [6, 6.07) is 4.16. The van der Waals surface area contributed by atoms with Crippen molar-refractivity contribution in [1.82, 2.24) is 20.9 Å². The van der Waals surface area contributed by atoms with Crippen molar-refractivity contribution < 1.29 is 19.2 Å². The molecule has 0 radical (unpaired) electrons. The van der Waals surface area contributed by atoms with Crippen molar-refractivity contribution in [3.63, 3.8) is 0 Å². The van der Waals surface area contributed by atoms with Crippen LogP contribution in [-0.4, -0.2) is 62.0 Å². The Morgan fingerprint density at radius 1 is 1.17 bits per heavy atom. The molecule has 0 aliphatic carbocycles. The molecule has 1 unspecified atom stereocenters. The molecule has 3 amide bonds. The van der Waals surface area contributed by atoms with E-state index in [1.807, 2.05) is 38.1 Å². The van der Waals surface area contributed by atoms with E-state index < -0.39 is 17.6 Å². The number of fused-ring (bicyclic) bond motifs is 4. The highest BCUT2D eigenvalue weighted by Crippen LogP contribution is 2.31. The van der Waals surface area contributed by atoms with Gasteiger partial charge in [0.2, 0.25) is 17.7 Å². The number of hydrogen-bond acceptors (Lipinski definition) is 8. The fourth-order valence-corrected chi connectivity index (χ4v) is 6.53. The molecule has 2 aliphatic heterocycles. The molecule has 0 aromatic carbocycles. The third kappa shape index (κ3) is 10.6. The first-order valence-electron chi connectivity index (χ1n) is 15.0. The smallest absolute Gasteiger partial charge is 0.249 e. The van der Waals surface area contributed by atoms with Gasteiger partial charge in [-0.25, -0.2) is 4.98 Å². The minimum absolute atomic E-state index is 0.0325. The van der Waals surface area contributed by atoms with Gasteiger partial charge in [-0.1, -0.05) is 76.4 Å². The van der Waals surface area contributed by atoms with Crippen molar-refractivity contribution in [2.45, 2.75) is 103 Å². The van der Waals surface area contributed by atoms with Gasteiger partial charge >= 0.3 is 0 Å². The summed E-state index contributed by atoms with van der Waals surface area (Å²) >= 11 is 2.79. The van der Waals surface area contributed by atoms with Gasteiger partial charge in [0.25, 0.3) is 0 Å². The minimum Gasteiger partial charge on any atom is -0.350 e. The molecule has 9 nitrogen and oxygen atoms in total. The molecule has 11 heteroatoms. The maximum Gasteiger partial charge on any atom is 0.249 e. The number of aromatic nitrogens is 1. The van der Waals surface area contributed by atoms with Crippen LogP contribution in [0.15, 0.2) is 35.3 Å². The number of rotatable bonds is 11. The maximum atomic E-state index is 13.4. The molecule has 0 saturated carbocycles. The molecule has 4 bridgehead atoms. The zero-order valence-corrected chi connectivity index (χ0v) is 26.9. The summed E-state index contributed by atoms with van der Waals surface area (Å²) in [5.41, 5.74) is 0.305. The SMILES string of the molecule is CCCCCCCC(=O)SCC/C=C/[C@@H]1CC(=O)NCc2cccc(n2)C2=N[C@@](C)(CS2)C(=O)NC(C(C)C)C(=O)N1. The van der Waals surface area contributed by atoms with Crippen molar-refractivity contribution >= 4 is 51.4 Å².